The van der Waals surface area contributed by atoms with Crippen molar-refractivity contribution in [3.63, 3.8) is 0 Å². The molecule has 21 heavy (non-hydrogen) atoms. The van der Waals surface area contributed by atoms with Gasteiger partial charge < -0.3 is 20.7 Å². The molecule has 0 saturated carbocycles. The zero-order valence-corrected chi connectivity index (χ0v) is 13.9. The normalized spacial score (nSPS) is 10.7. The summed E-state index contributed by atoms with van der Waals surface area (Å²) >= 11 is 11.0. The van der Waals surface area contributed by atoms with Gasteiger partial charge in [0.2, 0.25) is 0 Å². The Morgan fingerprint density at radius 2 is 1.95 bits per heavy atom. The highest BCUT2D eigenvalue weighted by Gasteiger charge is 2.15. The Morgan fingerprint density at radius 3 is 2.57 bits per heavy atom. The molecule has 7 heteroatoms. The van der Waals surface area contributed by atoms with Gasteiger partial charge >= 0.3 is 6.09 Å². The fraction of sp³-hybridized carbons (Fsp3) is 0.429. The van der Waals surface area contributed by atoms with Crippen LogP contribution in [0.25, 0.3) is 0 Å². The minimum absolute atomic E-state index is 0.409. The zero-order chi connectivity index (χ0) is 15.9. The number of halogens is 1. The molecular formula is C14H20ClN3O2S. The maximum Gasteiger partial charge on any atom is 0.407 e. The van der Waals surface area contributed by atoms with E-state index in [1.54, 1.807) is 12.1 Å². The third-order valence-electron chi connectivity index (χ3n) is 2.16. The summed E-state index contributed by atoms with van der Waals surface area (Å²) in [5.74, 6) is 0. The van der Waals surface area contributed by atoms with Gasteiger partial charge in [-0.05, 0) is 51.2 Å². The van der Waals surface area contributed by atoms with E-state index in [1.807, 2.05) is 32.9 Å². The van der Waals surface area contributed by atoms with Gasteiger partial charge in [-0.2, -0.15) is 0 Å². The van der Waals surface area contributed by atoms with E-state index < -0.39 is 11.7 Å². The maximum absolute atomic E-state index is 11.4. The number of hydrogen-bond acceptors (Lipinski definition) is 3. The Labute approximate surface area is 135 Å². The molecule has 0 atom stereocenters. The number of nitrogens with one attached hydrogen (secondary N) is 3. The van der Waals surface area contributed by atoms with Crippen molar-refractivity contribution in [3.8, 4) is 0 Å². The van der Waals surface area contributed by atoms with Gasteiger partial charge in [-0.25, -0.2) is 4.79 Å². The molecule has 0 heterocycles. The molecule has 1 aromatic rings. The van der Waals surface area contributed by atoms with Crippen molar-refractivity contribution in [1.29, 1.82) is 0 Å². The zero-order valence-electron chi connectivity index (χ0n) is 12.3. The summed E-state index contributed by atoms with van der Waals surface area (Å²) in [7, 11) is 0. The molecule has 0 aliphatic carbocycles. The summed E-state index contributed by atoms with van der Waals surface area (Å²) in [6.45, 7) is 6.34. The molecule has 5 nitrogen and oxygen atoms in total. The number of carbonyl (C=O) groups excluding carboxylic acids is 1. The fourth-order valence-corrected chi connectivity index (χ4v) is 1.81. The van der Waals surface area contributed by atoms with Crippen LogP contribution in [-0.2, 0) is 4.74 Å². The molecule has 1 rings (SSSR count). The van der Waals surface area contributed by atoms with Crippen LogP contribution in [0, 0.1) is 0 Å². The van der Waals surface area contributed by atoms with Crippen molar-refractivity contribution in [2.45, 2.75) is 26.4 Å². The fourth-order valence-electron chi connectivity index (χ4n) is 1.40. The van der Waals surface area contributed by atoms with E-state index in [0.29, 0.717) is 23.2 Å². The first-order valence-electron chi connectivity index (χ1n) is 6.53. The van der Waals surface area contributed by atoms with E-state index in [-0.39, 0.29) is 0 Å². The van der Waals surface area contributed by atoms with Gasteiger partial charge in [0.25, 0.3) is 0 Å². The van der Waals surface area contributed by atoms with Gasteiger partial charge in [0.15, 0.2) is 5.11 Å². The minimum Gasteiger partial charge on any atom is -0.444 e. The van der Waals surface area contributed by atoms with Gasteiger partial charge in [-0.3, -0.25) is 0 Å². The number of thiocarbonyl (C=S) groups is 1. The number of carbonyl (C=O) groups is 1. The Hall–Kier alpha value is -1.53. The van der Waals surface area contributed by atoms with Crippen LogP contribution in [0.1, 0.15) is 20.8 Å². The Morgan fingerprint density at radius 1 is 1.29 bits per heavy atom. The molecule has 116 valence electrons. The first kappa shape index (κ1) is 17.5. The summed E-state index contributed by atoms with van der Waals surface area (Å²) in [6.07, 6.45) is -0.446. The van der Waals surface area contributed by atoms with Crippen LogP contribution < -0.4 is 16.0 Å². The predicted octanol–water partition coefficient (Wildman–Crippen LogP) is 3.15. The van der Waals surface area contributed by atoms with Gasteiger partial charge in [0, 0.05) is 23.8 Å². The lowest BCUT2D eigenvalue weighted by atomic mass is 10.2. The Bertz CT molecular complexity index is 503. The smallest absolute Gasteiger partial charge is 0.407 e. The quantitative estimate of drug-likeness (QED) is 0.585. The van der Waals surface area contributed by atoms with E-state index in [4.69, 9.17) is 28.6 Å². The molecule has 1 aromatic carbocycles. The molecular weight excluding hydrogens is 310 g/mol. The van der Waals surface area contributed by atoms with Crippen molar-refractivity contribution in [2.75, 3.05) is 18.4 Å². The molecule has 0 aromatic heterocycles. The van der Waals surface area contributed by atoms with Gasteiger partial charge in [-0.1, -0.05) is 17.7 Å². The third-order valence-corrected chi connectivity index (χ3v) is 2.64. The van der Waals surface area contributed by atoms with Crippen LogP contribution >= 0.6 is 23.8 Å². The molecule has 0 spiro atoms. The van der Waals surface area contributed by atoms with Crippen molar-refractivity contribution < 1.29 is 9.53 Å². The molecule has 0 radical (unpaired) electrons. The number of alkyl carbamates (subject to hydrolysis) is 1. The van der Waals surface area contributed by atoms with Crippen LogP contribution in [0.15, 0.2) is 24.3 Å². The van der Waals surface area contributed by atoms with E-state index in [1.165, 1.54) is 0 Å². The summed E-state index contributed by atoms with van der Waals surface area (Å²) in [4.78, 5) is 11.4. The molecule has 0 aliphatic heterocycles. The molecule has 0 fully saturated rings. The van der Waals surface area contributed by atoms with Crippen LogP contribution in [0.2, 0.25) is 5.02 Å². The largest absolute Gasteiger partial charge is 0.444 e. The standard InChI is InChI=1S/C14H20ClN3O2S/c1-14(2,3)20-13(19)17-8-7-16-12(21)18-11-6-4-5-10(15)9-11/h4-6,9H,7-8H2,1-3H3,(H,17,19)(H2,16,18,21). The molecule has 0 bridgehead atoms. The number of benzene rings is 1. The third kappa shape index (κ3) is 8.37. The summed E-state index contributed by atoms with van der Waals surface area (Å²) in [5.41, 5.74) is 0.307. The molecule has 1 amide bonds. The van der Waals surface area contributed by atoms with E-state index >= 15 is 0 Å². The highest BCUT2D eigenvalue weighted by molar-refractivity contribution is 7.80. The minimum atomic E-state index is -0.499. The number of ether oxygens (including phenoxy) is 1. The number of rotatable bonds is 4. The second-order valence-corrected chi connectivity index (χ2v) is 6.16. The average Bonchev–Trinajstić information content (AvgIpc) is 2.32. The van der Waals surface area contributed by atoms with Gasteiger partial charge in [-0.15, -0.1) is 0 Å². The maximum atomic E-state index is 11.4. The lowest BCUT2D eigenvalue weighted by molar-refractivity contribution is 0.0529. The molecule has 0 aliphatic rings. The first-order chi connectivity index (χ1) is 9.76. The summed E-state index contributed by atoms with van der Waals surface area (Å²) in [5, 5.41) is 9.71. The number of anilines is 1. The topological polar surface area (TPSA) is 62.4 Å². The second-order valence-electron chi connectivity index (χ2n) is 5.32. The van der Waals surface area contributed by atoms with Crippen molar-refractivity contribution in [3.05, 3.63) is 29.3 Å². The van der Waals surface area contributed by atoms with Gasteiger partial charge in [0.05, 0.1) is 0 Å². The van der Waals surface area contributed by atoms with Crippen LogP contribution in [0.4, 0.5) is 10.5 Å². The van der Waals surface area contributed by atoms with Gasteiger partial charge in [0.1, 0.15) is 5.60 Å². The lowest BCUT2D eigenvalue weighted by Gasteiger charge is -2.19. The molecule has 0 unspecified atom stereocenters. The van der Waals surface area contributed by atoms with Crippen molar-refractivity contribution >= 4 is 40.7 Å². The Kier molecular flexibility index (Phi) is 6.71. The van der Waals surface area contributed by atoms with E-state index in [0.717, 1.165) is 5.69 Å². The SMILES string of the molecule is CC(C)(C)OC(=O)NCCNC(=S)Nc1cccc(Cl)c1. The number of amides is 1. The van der Waals surface area contributed by atoms with Crippen molar-refractivity contribution in [1.82, 2.24) is 10.6 Å². The summed E-state index contributed by atoms with van der Waals surface area (Å²) in [6, 6.07) is 7.25. The van der Waals surface area contributed by atoms with Crippen LogP contribution in [-0.4, -0.2) is 29.9 Å². The van der Waals surface area contributed by atoms with Crippen molar-refractivity contribution in [2.24, 2.45) is 0 Å². The monoisotopic (exact) mass is 329 g/mol. The second kappa shape index (κ2) is 8.05. The highest BCUT2D eigenvalue weighted by Crippen LogP contribution is 2.14. The van der Waals surface area contributed by atoms with E-state index in [9.17, 15) is 4.79 Å². The van der Waals surface area contributed by atoms with E-state index in [2.05, 4.69) is 16.0 Å². The van der Waals surface area contributed by atoms with Crippen LogP contribution in [0.3, 0.4) is 0 Å². The summed E-state index contributed by atoms with van der Waals surface area (Å²) < 4.78 is 5.11. The number of hydrogen-bond donors (Lipinski definition) is 3. The Balaban J connectivity index is 2.21. The first-order valence-corrected chi connectivity index (χ1v) is 7.32. The molecule has 0 saturated heterocycles. The predicted molar refractivity (Wildman–Crippen MR) is 89.9 cm³/mol. The lowest BCUT2D eigenvalue weighted by Crippen LogP contribution is -2.39. The average molecular weight is 330 g/mol. The van der Waals surface area contributed by atoms with Crippen LogP contribution in [0.5, 0.6) is 0 Å². The molecule has 3 N–H and O–H groups in total. The highest BCUT2D eigenvalue weighted by atomic mass is 35.5.